The maximum Gasteiger partial charge on any atom is 0.271 e. The smallest absolute Gasteiger partial charge is 0.271 e. The molecule has 0 saturated carbocycles. The first kappa shape index (κ1) is 16.6. The van der Waals surface area contributed by atoms with Crippen LogP contribution in [0.3, 0.4) is 0 Å². The third kappa shape index (κ3) is 3.92. The van der Waals surface area contributed by atoms with Crippen molar-refractivity contribution in [2.45, 2.75) is 26.3 Å². The molecule has 1 amide bonds. The summed E-state index contributed by atoms with van der Waals surface area (Å²) < 4.78 is 1.41. The molecular weight excluding hydrogens is 300 g/mol. The number of fused-ring (bicyclic) bond motifs is 1. The minimum Gasteiger partial charge on any atom is -0.348 e. The van der Waals surface area contributed by atoms with Crippen molar-refractivity contribution < 1.29 is 4.79 Å². The summed E-state index contributed by atoms with van der Waals surface area (Å²) in [7, 11) is 3.93. The predicted octanol–water partition coefficient (Wildman–Crippen LogP) is 1.46. The first-order valence-corrected chi connectivity index (χ1v) is 8.17. The Kier molecular flexibility index (Phi) is 5.31. The highest BCUT2D eigenvalue weighted by Crippen LogP contribution is 2.08. The number of hydrogen-bond acceptors (Lipinski definition) is 5. The summed E-state index contributed by atoms with van der Waals surface area (Å²) in [6.45, 7) is 4.96. The second-order valence-electron chi connectivity index (χ2n) is 6.09. The van der Waals surface area contributed by atoms with Gasteiger partial charge in [0.05, 0.1) is 0 Å². The minimum absolute atomic E-state index is 0.00470. The number of nitrogens with one attached hydrogen (secondary N) is 1. The Morgan fingerprint density at radius 2 is 2.18 bits per heavy atom. The average Bonchev–Trinajstić information content (AvgIpc) is 2.86. The maximum absolute atomic E-state index is 12.4. The molecule has 120 valence electrons. The van der Waals surface area contributed by atoms with Crippen LogP contribution >= 0.6 is 11.3 Å². The molecule has 0 saturated heterocycles. The molecule has 0 fully saturated rings. The number of likely N-dealkylation sites (N-methyl/N-ethyl adjacent to an activating group) is 1. The molecule has 2 heterocycles. The Bertz CT molecular complexity index is 695. The van der Waals surface area contributed by atoms with Gasteiger partial charge in [-0.25, -0.2) is 4.98 Å². The number of hydrogen-bond donors (Lipinski definition) is 1. The van der Waals surface area contributed by atoms with Gasteiger partial charge in [0.2, 0.25) is 0 Å². The van der Waals surface area contributed by atoms with E-state index in [1.54, 1.807) is 11.6 Å². The molecule has 0 bridgehead atoms. The molecule has 1 N–H and O–H groups in total. The van der Waals surface area contributed by atoms with Crippen LogP contribution in [0.2, 0.25) is 0 Å². The summed E-state index contributed by atoms with van der Waals surface area (Å²) in [5, 5.41) is 4.74. The third-order valence-electron chi connectivity index (χ3n) is 3.26. The molecule has 0 radical (unpaired) electrons. The number of rotatable bonds is 6. The molecule has 2 aromatic heterocycles. The Labute approximate surface area is 133 Å². The number of carbonyl (C=O) groups is 1. The van der Waals surface area contributed by atoms with Gasteiger partial charge in [-0.15, -0.1) is 11.3 Å². The van der Waals surface area contributed by atoms with Crippen LogP contribution in [0.25, 0.3) is 4.96 Å². The van der Waals surface area contributed by atoms with E-state index in [-0.39, 0.29) is 23.1 Å². The first-order valence-electron chi connectivity index (χ1n) is 7.29. The molecule has 1 unspecified atom stereocenters. The van der Waals surface area contributed by atoms with E-state index in [0.29, 0.717) is 10.9 Å². The average molecular weight is 322 g/mol. The molecule has 0 spiro atoms. The summed E-state index contributed by atoms with van der Waals surface area (Å²) in [5.74, 6) is 0.106. The molecule has 7 heteroatoms. The van der Waals surface area contributed by atoms with Gasteiger partial charge >= 0.3 is 0 Å². The third-order valence-corrected chi connectivity index (χ3v) is 4.03. The van der Waals surface area contributed by atoms with Crippen molar-refractivity contribution >= 4 is 22.2 Å². The molecule has 0 aliphatic carbocycles. The summed E-state index contributed by atoms with van der Waals surface area (Å²) in [6, 6.07) is 0.00470. The molecule has 2 aromatic rings. The van der Waals surface area contributed by atoms with Crippen molar-refractivity contribution in [3.05, 3.63) is 33.7 Å². The van der Waals surface area contributed by atoms with Crippen LogP contribution < -0.4 is 10.9 Å². The molecule has 22 heavy (non-hydrogen) atoms. The van der Waals surface area contributed by atoms with Gasteiger partial charge in [-0.3, -0.25) is 14.0 Å². The van der Waals surface area contributed by atoms with Gasteiger partial charge in [-0.05, 0) is 26.4 Å². The van der Waals surface area contributed by atoms with Crippen molar-refractivity contribution in [1.82, 2.24) is 19.6 Å². The highest BCUT2D eigenvalue weighted by Gasteiger charge is 2.19. The van der Waals surface area contributed by atoms with Gasteiger partial charge < -0.3 is 10.2 Å². The van der Waals surface area contributed by atoms with Gasteiger partial charge in [0.25, 0.3) is 11.5 Å². The van der Waals surface area contributed by atoms with E-state index >= 15 is 0 Å². The summed E-state index contributed by atoms with van der Waals surface area (Å²) in [5.41, 5.74) is -0.236. The quantitative estimate of drug-likeness (QED) is 0.874. The van der Waals surface area contributed by atoms with Crippen LogP contribution in [-0.2, 0) is 0 Å². The molecule has 0 aliphatic rings. The van der Waals surface area contributed by atoms with Crippen LogP contribution in [0.4, 0.5) is 0 Å². The fraction of sp³-hybridized carbons (Fsp3) is 0.533. The lowest BCUT2D eigenvalue weighted by atomic mass is 10.0. The van der Waals surface area contributed by atoms with Gasteiger partial charge in [0.15, 0.2) is 4.96 Å². The second-order valence-corrected chi connectivity index (χ2v) is 6.97. The highest BCUT2D eigenvalue weighted by atomic mass is 32.1. The monoisotopic (exact) mass is 322 g/mol. The normalized spacial score (nSPS) is 13.0. The Morgan fingerprint density at radius 1 is 1.45 bits per heavy atom. The number of carbonyl (C=O) groups excluding carboxylic acids is 1. The zero-order chi connectivity index (χ0) is 16.3. The summed E-state index contributed by atoms with van der Waals surface area (Å²) >= 11 is 1.37. The van der Waals surface area contributed by atoms with E-state index in [4.69, 9.17) is 0 Å². The van der Waals surface area contributed by atoms with Gasteiger partial charge in [0.1, 0.15) is 5.56 Å². The van der Waals surface area contributed by atoms with Crippen molar-refractivity contribution in [3.8, 4) is 0 Å². The Hall–Kier alpha value is -1.73. The molecular formula is C15H22N4O2S. The van der Waals surface area contributed by atoms with Crippen LogP contribution in [-0.4, -0.2) is 46.9 Å². The van der Waals surface area contributed by atoms with Crippen molar-refractivity contribution in [2.24, 2.45) is 5.92 Å². The fourth-order valence-electron chi connectivity index (χ4n) is 2.43. The van der Waals surface area contributed by atoms with Gasteiger partial charge in [-0.1, -0.05) is 13.8 Å². The van der Waals surface area contributed by atoms with E-state index in [2.05, 4.69) is 24.1 Å². The largest absolute Gasteiger partial charge is 0.348 e. The Morgan fingerprint density at radius 3 is 2.82 bits per heavy atom. The number of aromatic nitrogens is 2. The molecule has 1 atom stereocenters. The van der Waals surface area contributed by atoms with E-state index in [0.717, 1.165) is 13.0 Å². The minimum atomic E-state index is -0.356. The number of amides is 1. The van der Waals surface area contributed by atoms with E-state index in [9.17, 15) is 9.59 Å². The van der Waals surface area contributed by atoms with Crippen LogP contribution in [0.5, 0.6) is 0 Å². The summed E-state index contributed by atoms with van der Waals surface area (Å²) in [4.78, 5) is 31.5. The number of nitrogens with zero attached hydrogens (tertiary/aromatic N) is 3. The van der Waals surface area contributed by atoms with Crippen molar-refractivity contribution in [1.29, 1.82) is 0 Å². The lowest BCUT2D eigenvalue weighted by molar-refractivity contribution is 0.0922. The highest BCUT2D eigenvalue weighted by molar-refractivity contribution is 7.15. The lowest BCUT2D eigenvalue weighted by Crippen LogP contribution is -2.44. The van der Waals surface area contributed by atoms with Crippen LogP contribution in [0.15, 0.2) is 22.6 Å². The van der Waals surface area contributed by atoms with Crippen molar-refractivity contribution in [3.63, 3.8) is 0 Å². The van der Waals surface area contributed by atoms with Crippen LogP contribution in [0, 0.1) is 5.92 Å². The van der Waals surface area contributed by atoms with Gasteiger partial charge in [0, 0.05) is 30.4 Å². The van der Waals surface area contributed by atoms with E-state index in [1.807, 2.05) is 19.0 Å². The lowest BCUT2D eigenvalue weighted by Gasteiger charge is -2.23. The zero-order valence-corrected chi connectivity index (χ0v) is 14.2. The van der Waals surface area contributed by atoms with E-state index in [1.165, 1.54) is 21.9 Å². The molecule has 2 rings (SSSR count). The molecule has 6 nitrogen and oxygen atoms in total. The van der Waals surface area contributed by atoms with E-state index < -0.39 is 0 Å². The Balaban J connectivity index is 2.20. The second kappa shape index (κ2) is 7.02. The van der Waals surface area contributed by atoms with Crippen molar-refractivity contribution in [2.75, 3.05) is 20.6 Å². The fourth-order valence-corrected chi connectivity index (χ4v) is 3.11. The SMILES string of the molecule is CC(C)CC(CN(C)C)NC(=O)c1cnc2sccn2c1=O. The topological polar surface area (TPSA) is 66.7 Å². The zero-order valence-electron chi connectivity index (χ0n) is 13.4. The predicted molar refractivity (Wildman–Crippen MR) is 88.6 cm³/mol. The van der Waals surface area contributed by atoms with Crippen LogP contribution in [0.1, 0.15) is 30.6 Å². The first-order chi connectivity index (χ1) is 10.4. The number of thiazole rings is 1. The standard InChI is InChI=1S/C15H22N4O2S/c1-10(2)7-11(9-18(3)4)17-13(20)12-8-16-15-19(14(12)21)5-6-22-15/h5-6,8,10-11H,7,9H2,1-4H3,(H,17,20). The molecule has 0 aromatic carbocycles. The maximum atomic E-state index is 12.4. The summed E-state index contributed by atoms with van der Waals surface area (Å²) in [6.07, 6.45) is 3.86. The molecule has 0 aliphatic heterocycles. The van der Waals surface area contributed by atoms with Gasteiger partial charge in [-0.2, -0.15) is 0 Å².